The molecule has 0 unspecified atom stereocenters. The number of aromatic nitrogens is 2. The average molecular weight is 300 g/mol. The van der Waals surface area contributed by atoms with Gasteiger partial charge in [0.25, 0.3) is 0 Å². The van der Waals surface area contributed by atoms with Gasteiger partial charge in [0.1, 0.15) is 12.4 Å². The molecular formula is C13H15Cl2N3O. The highest BCUT2D eigenvalue weighted by Crippen LogP contribution is 2.32. The molecule has 2 aromatic rings. The van der Waals surface area contributed by atoms with Crippen molar-refractivity contribution in [3.8, 4) is 5.75 Å². The molecule has 19 heavy (non-hydrogen) atoms. The third-order valence-corrected chi connectivity index (χ3v) is 3.08. The Morgan fingerprint density at radius 3 is 2.89 bits per heavy atom. The third-order valence-electron chi connectivity index (χ3n) is 2.58. The molecule has 0 saturated heterocycles. The van der Waals surface area contributed by atoms with Gasteiger partial charge in [-0.25, -0.2) is 0 Å². The Morgan fingerprint density at radius 2 is 2.21 bits per heavy atom. The van der Waals surface area contributed by atoms with Crippen molar-refractivity contribution < 1.29 is 4.74 Å². The lowest BCUT2D eigenvalue weighted by molar-refractivity contribution is 0.288. The lowest BCUT2D eigenvalue weighted by Gasteiger charge is -2.13. The van der Waals surface area contributed by atoms with E-state index in [1.807, 2.05) is 30.1 Å². The van der Waals surface area contributed by atoms with Gasteiger partial charge in [-0.15, -0.1) is 0 Å². The first-order chi connectivity index (χ1) is 9.20. The maximum atomic E-state index is 6.17. The van der Waals surface area contributed by atoms with Gasteiger partial charge < -0.3 is 10.1 Å². The molecule has 1 aromatic carbocycles. The molecule has 0 aliphatic rings. The summed E-state index contributed by atoms with van der Waals surface area (Å²) in [7, 11) is 1.86. The van der Waals surface area contributed by atoms with E-state index in [0.29, 0.717) is 35.5 Å². The molecule has 0 saturated carbocycles. The number of benzene rings is 1. The number of hydrogen-bond donors (Lipinski definition) is 1. The molecule has 0 bridgehead atoms. The summed E-state index contributed by atoms with van der Waals surface area (Å²) < 4.78 is 7.56. The van der Waals surface area contributed by atoms with Gasteiger partial charge >= 0.3 is 0 Å². The fourth-order valence-corrected chi connectivity index (χ4v) is 2.36. The van der Waals surface area contributed by atoms with Gasteiger partial charge in [0, 0.05) is 29.5 Å². The van der Waals surface area contributed by atoms with Crippen LogP contribution in [-0.2, 0) is 13.1 Å². The molecule has 102 valence electrons. The molecular weight excluding hydrogens is 285 g/mol. The average Bonchev–Trinajstić information content (AvgIpc) is 2.86. The summed E-state index contributed by atoms with van der Waals surface area (Å²) in [5, 5.41) is 8.31. The molecule has 0 atom stereocenters. The van der Waals surface area contributed by atoms with Crippen molar-refractivity contribution in [2.24, 2.45) is 0 Å². The molecule has 1 aromatic heterocycles. The summed E-state index contributed by atoms with van der Waals surface area (Å²) in [5.74, 6) is 0.674. The first kappa shape index (κ1) is 14.2. The van der Waals surface area contributed by atoms with Crippen molar-refractivity contribution in [3.63, 3.8) is 0 Å². The van der Waals surface area contributed by atoms with Gasteiger partial charge in [-0.1, -0.05) is 23.2 Å². The summed E-state index contributed by atoms with van der Waals surface area (Å²) in [6.45, 7) is 1.82. The third kappa shape index (κ3) is 3.86. The highest BCUT2D eigenvalue weighted by atomic mass is 35.5. The standard InChI is InChI=1S/C13H15Cl2N3O/c1-16-9-10-7-11(14)8-12(15)13(10)19-6-5-18-4-2-3-17-18/h2-4,7-8,16H,5-6,9H2,1H3. The van der Waals surface area contributed by atoms with E-state index in [1.165, 1.54) is 0 Å². The zero-order chi connectivity index (χ0) is 13.7. The smallest absolute Gasteiger partial charge is 0.142 e. The number of ether oxygens (including phenoxy) is 1. The van der Waals surface area contributed by atoms with Gasteiger partial charge in [-0.3, -0.25) is 4.68 Å². The number of nitrogens with zero attached hydrogens (tertiary/aromatic N) is 2. The number of hydrogen-bond acceptors (Lipinski definition) is 3. The normalized spacial score (nSPS) is 10.7. The van der Waals surface area contributed by atoms with Crippen molar-refractivity contribution in [2.45, 2.75) is 13.1 Å². The Kier molecular flexibility index (Phi) is 5.07. The molecule has 1 N–H and O–H groups in total. The summed E-state index contributed by atoms with van der Waals surface area (Å²) in [6.07, 6.45) is 3.63. The fraction of sp³-hybridized carbons (Fsp3) is 0.308. The number of nitrogens with one attached hydrogen (secondary N) is 1. The molecule has 6 heteroatoms. The Hall–Kier alpha value is -1.23. The molecule has 1 heterocycles. The highest BCUT2D eigenvalue weighted by molar-refractivity contribution is 6.35. The summed E-state index contributed by atoms with van der Waals surface area (Å²) >= 11 is 12.2. The predicted molar refractivity (Wildman–Crippen MR) is 76.9 cm³/mol. The van der Waals surface area contributed by atoms with E-state index in [0.717, 1.165) is 5.56 Å². The van der Waals surface area contributed by atoms with Crippen molar-refractivity contribution in [3.05, 3.63) is 46.2 Å². The van der Waals surface area contributed by atoms with Crippen LogP contribution in [-0.4, -0.2) is 23.4 Å². The Labute approximate surface area is 122 Å². The second-order valence-corrected chi connectivity index (χ2v) is 4.87. The Bertz CT molecular complexity index is 529. The molecule has 0 spiro atoms. The fourth-order valence-electron chi connectivity index (χ4n) is 1.77. The van der Waals surface area contributed by atoms with Crippen LogP contribution in [0.1, 0.15) is 5.56 Å². The van der Waals surface area contributed by atoms with Crippen molar-refractivity contribution >= 4 is 23.2 Å². The van der Waals surface area contributed by atoms with E-state index in [1.54, 1.807) is 12.3 Å². The number of rotatable bonds is 6. The topological polar surface area (TPSA) is 39.1 Å². The highest BCUT2D eigenvalue weighted by Gasteiger charge is 2.10. The van der Waals surface area contributed by atoms with Gasteiger partial charge in [0.05, 0.1) is 11.6 Å². The number of halogens is 2. The maximum Gasteiger partial charge on any atom is 0.142 e. The van der Waals surface area contributed by atoms with Gasteiger partial charge in [-0.05, 0) is 25.2 Å². The maximum absolute atomic E-state index is 6.17. The second kappa shape index (κ2) is 6.80. The monoisotopic (exact) mass is 299 g/mol. The van der Waals surface area contributed by atoms with E-state index >= 15 is 0 Å². The minimum absolute atomic E-state index is 0.500. The van der Waals surface area contributed by atoms with Crippen molar-refractivity contribution in [2.75, 3.05) is 13.7 Å². The zero-order valence-electron chi connectivity index (χ0n) is 10.6. The Balaban J connectivity index is 2.05. The van der Waals surface area contributed by atoms with E-state index in [-0.39, 0.29) is 0 Å². The molecule has 0 aliphatic heterocycles. The van der Waals surface area contributed by atoms with Crippen LogP contribution >= 0.6 is 23.2 Å². The summed E-state index contributed by atoms with van der Waals surface area (Å²) in [4.78, 5) is 0. The molecule has 4 nitrogen and oxygen atoms in total. The molecule has 0 aliphatic carbocycles. The summed E-state index contributed by atoms with van der Waals surface area (Å²) in [6, 6.07) is 5.42. The summed E-state index contributed by atoms with van der Waals surface area (Å²) in [5.41, 5.74) is 0.945. The molecule has 2 rings (SSSR count). The lowest BCUT2D eigenvalue weighted by Crippen LogP contribution is -2.12. The Morgan fingerprint density at radius 1 is 1.37 bits per heavy atom. The van der Waals surface area contributed by atoms with Crippen LogP contribution in [0.3, 0.4) is 0 Å². The minimum atomic E-state index is 0.500. The quantitative estimate of drug-likeness (QED) is 0.891. The largest absolute Gasteiger partial charge is 0.490 e. The van der Waals surface area contributed by atoms with E-state index in [2.05, 4.69) is 10.4 Å². The van der Waals surface area contributed by atoms with E-state index < -0.39 is 0 Å². The first-order valence-corrected chi connectivity index (χ1v) is 6.69. The first-order valence-electron chi connectivity index (χ1n) is 5.93. The van der Waals surface area contributed by atoms with Crippen LogP contribution in [0.4, 0.5) is 0 Å². The van der Waals surface area contributed by atoms with Crippen LogP contribution in [0.5, 0.6) is 5.75 Å². The SMILES string of the molecule is CNCc1cc(Cl)cc(Cl)c1OCCn1cccn1. The minimum Gasteiger partial charge on any atom is -0.490 e. The van der Waals surface area contributed by atoms with Crippen molar-refractivity contribution in [1.29, 1.82) is 0 Å². The molecule has 0 radical (unpaired) electrons. The van der Waals surface area contributed by atoms with E-state index in [4.69, 9.17) is 27.9 Å². The molecule has 0 fully saturated rings. The van der Waals surface area contributed by atoms with Crippen LogP contribution in [0.15, 0.2) is 30.6 Å². The molecule has 0 amide bonds. The van der Waals surface area contributed by atoms with Gasteiger partial charge in [0.2, 0.25) is 0 Å². The second-order valence-electron chi connectivity index (χ2n) is 4.02. The zero-order valence-corrected chi connectivity index (χ0v) is 12.1. The van der Waals surface area contributed by atoms with Gasteiger partial charge in [0.15, 0.2) is 0 Å². The lowest BCUT2D eigenvalue weighted by atomic mass is 10.2. The van der Waals surface area contributed by atoms with Gasteiger partial charge in [-0.2, -0.15) is 5.10 Å². The van der Waals surface area contributed by atoms with Crippen LogP contribution < -0.4 is 10.1 Å². The van der Waals surface area contributed by atoms with Crippen LogP contribution in [0.25, 0.3) is 0 Å². The van der Waals surface area contributed by atoms with Crippen LogP contribution in [0, 0.1) is 0 Å². The van der Waals surface area contributed by atoms with Crippen LogP contribution in [0.2, 0.25) is 10.0 Å². The predicted octanol–water partition coefficient (Wildman–Crippen LogP) is 2.99. The van der Waals surface area contributed by atoms with Crippen molar-refractivity contribution in [1.82, 2.24) is 15.1 Å². The van der Waals surface area contributed by atoms with E-state index in [9.17, 15) is 0 Å².